The summed E-state index contributed by atoms with van der Waals surface area (Å²) < 4.78 is 7.80. The zero-order valence-electron chi connectivity index (χ0n) is 13.6. The van der Waals surface area contributed by atoms with Gasteiger partial charge in [-0.05, 0) is 30.3 Å². The van der Waals surface area contributed by atoms with E-state index >= 15 is 0 Å². The number of fused-ring (bicyclic) bond motifs is 1. The standard InChI is InChI=1S/C17H10BrN5O4/c18-11-3-1-10(2-4-11)16-21-20-15(27-16)8-22-9-19-14-6-5-12(23(25)26)7-13(14)17(22)24/h1-7,9H,8H2. The maximum atomic E-state index is 12.6. The number of benzene rings is 2. The summed E-state index contributed by atoms with van der Waals surface area (Å²) in [6.45, 7) is 0.00793. The summed E-state index contributed by atoms with van der Waals surface area (Å²) >= 11 is 3.36. The van der Waals surface area contributed by atoms with Crippen molar-refractivity contribution in [3.8, 4) is 11.5 Å². The number of nitro benzene ring substituents is 1. The van der Waals surface area contributed by atoms with Gasteiger partial charge in [-0.1, -0.05) is 15.9 Å². The zero-order valence-corrected chi connectivity index (χ0v) is 15.2. The number of non-ortho nitro benzene ring substituents is 1. The minimum atomic E-state index is -0.557. The molecule has 2 aromatic heterocycles. The Balaban J connectivity index is 1.67. The molecule has 0 aliphatic rings. The molecule has 0 spiro atoms. The van der Waals surface area contributed by atoms with Crippen molar-refractivity contribution in [1.29, 1.82) is 0 Å². The van der Waals surface area contributed by atoms with E-state index in [9.17, 15) is 14.9 Å². The molecule has 0 saturated carbocycles. The van der Waals surface area contributed by atoms with Crippen LogP contribution in [0.5, 0.6) is 0 Å². The molecule has 0 atom stereocenters. The van der Waals surface area contributed by atoms with E-state index in [1.807, 2.05) is 24.3 Å². The smallest absolute Gasteiger partial charge is 0.270 e. The Morgan fingerprint density at radius 3 is 2.67 bits per heavy atom. The first-order chi connectivity index (χ1) is 13.0. The average molecular weight is 428 g/mol. The van der Waals surface area contributed by atoms with Crippen molar-refractivity contribution in [1.82, 2.24) is 19.7 Å². The number of hydrogen-bond donors (Lipinski definition) is 0. The van der Waals surface area contributed by atoms with Gasteiger partial charge >= 0.3 is 0 Å². The van der Waals surface area contributed by atoms with E-state index in [0.717, 1.165) is 10.0 Å². The van der Waals surface area contributed by atoms with Crippen LogP contribution in [0.2, 0.25) is 0 Å². The normalized spacial score (nSPS) is 11.0. The fraction of sp³-hybridized carbons (Fsp3) is 0.0588. The van der Waals surface area contributed by atoms with Crippen molar-refractivity contribution >= 4 is 32.5 Å². The van der Waals surface area contributed by atoms with Crippen LogP contribution < -0.4 is 5.56 Å². The molecular formula is C17H10BrN5O4. The van der Waals surface area contributed by atoms with Gasteiger partial charge in [0.15, 0.2) is 0 Å². The second kappa shape index (κ2) is 6.72. The minimum Gasteiger partial charge on any atom is -0.419 e. The summed E-state index contributed by atoms with van der Waals surface area (Å²) in [5.74, 6) is 0.552. The predicted molar refractivity (Wildman–Crippen MR) is 99.2 cm³/mol. The van der Waals surface area contributed by atoms with Crippen LogP contribution in [0.4, 0.5) is 5.69 Å². The van der Waals surface area contributed by atoms with Crippen LogP contribution in [-0.4, -0.2) is 24.7 Å². The lowest BCUT2D eigenvalue weighted by Gasteiger charge is -2.03. The maximum absolute atomic E-state index is 12.6. The topological polar surface area (TPSA) is 117 Å². The molecule has 4 rings (SSSR count). The van der Waals surface area contributed by atoms with E-state index in [4.69, 9.17) is 4.42 Å². The van der Waals surface area contributed by atoms with Crippen LogP contribution in [0.25, 0.3) is 22.4 Å². The van der Waals surface area contributed by atoms with Crippen molar-refractivity contribution in [2.75, 3.05) is 0 Å². The van der Waals surface area contributed by atoms with Gasteiger partial charge in [-0.25, -0.2) is 4.98 Å². The molecule has 0 radical (unpaired) electrons. The lowest BCUT2D eigenvalue weighted by Crippen LogP contribution is -2.21. The second-order valence-corrected chi connectivity index (χ2v) is 6.56. The van der Waals surface area contributed by atoms with Crippen molar-refractivity contribution < 1.29 is 9.34 Å². The Kier molecular flexibility index (Phi) is 4.24. The summed E-state index contributed by atoms with van der Waals surface area (Å²) in [4.78, 5) is 27.2. The molecule has 0 aliphatic heterocycles. The summed E-state index contributed by atoms with van der Waals surface area (Å²) in [6, 6.07) is 11.3. The Morgan fingerprint density at radius 2 is 1.93 bits per heavy atom. The van der Waals surface area contributed by atoms with Crippen LogP contribution in [0, 0.1) is 10.1 Å². The van der Waals surface area contributed by atoms with Gasteiger partial charge in [-0.15, -0.1) is 10.2 Å². The SMILES string of the molecule is O=c1c2cc([N+](=O)[O-])ccc2ncn1Cc1nnc(-c2ccc(Br)cc2)o1. The molecule has 134 valence electrons. The summed E-state index contributed by atoms with van der Waals surface area (Å²) in [7, 11) is 0. The molecular weight excluding hydrogens is 418 g/mol. The first-order valence-electron chi connectivity index (χ1n) is 7.73. The van der Waals surface area contributed by atoms with Crippen LogP contribution in [0.15, 0.2) is 62.5 Å². The van der Waals surface area contributed by atoms with Gasteiger partial charge in [-0.2, -0.15) is 0 Å². The van der Waals surface area contributed by atoms with E-state index < -0.39 is 10.5 Å². The molecule has 0 amide bonds. The van der Waals surface area contributed by atoms with Gasteiger partial charge in [-0.3, -0.25) is 19.5 Å². The molecule has 0 bridgehead atoms. The Morgan fingerprint density at radius 1 is 1.15 bits per heavy atom. The number of halogens is 1. The molecule has 9 nitrogen and oxygen atoms in total. The number of aromatic nitrogens is 4. The van der Waals surface area contributed by atoms with Crippen LogP contribution in [-0.2, 0) is 6.54 Å². The van der Waals surface area contributed by atoms with E-state index in [-0.39, 0.29) is 23.5 Å². The summed E-state index contributed by atoms with van der Waals surface area (Å²) in [6.07, 6.45) is 1.35. The largest absolute Gasteiger partial charge is 0.419 e. The van der Waals surface area contributed by atoms with Crippen molar-refractivity contribution in [2.24, 2.45) is 0 Å². The molecule has 4 aromatic rings. The van der Waals surface area contributed by atoms with Gasteiger partial charge in [0.1, 0.15) is 6.54 Å². The van der Waals surface area contributed by atoms with Crippen molar-refractivity contribution in [3.05, 3.63) is 79.6 Å². The third-order valence-corrected chi connectivity index (χ3v) is 4.41. The number of rotatable bonds is 4. The quantitative estimate of drug-likeness (QED) is 0.362. The van der Waals surface area contributed by atoms with Crippen LogP contribution in [0.1, 0.15) is 5.89 Å². The fourth-order valence-electron chi connectivity index (χ4n) is 2.55. The highest BCUT2D eigenvalue weighted by molar-refractivity contribution is 9.10. The zero-order chi connectivity index (χ0) is 19.0. The molecule has 2 aromatic carbocycles. The fourth-order valence-corrected chi connectivity index (χ4v) is 2.81. The van der Waals surface area contributed by atoms with Gasteiger partial charge in [0, 0.05) is 22.2 Å². The Bertz CT molecular complexity index is 1220. The van der Waals surface area contributed by atoms with Gasteiger partial charge in [0.25, 0.3) is 11.2 Å². The van der Waals surface area contributed by atoms with E-state index in [1.165, 1.54) is 29.1 Å². The van der Waals surface area contributed by atoms with Gasteiger partial charge in [0.2, 0.25) is 11.8 Å². The second-order valence-electron chi connectivity index (χ2n) is 5.64. The van der Waals surface area contributed by atoms with E-state index in [0.29, 0.717) is 11.4 Å². The van der Waals surface area contributed by atoms with Crippen LogP contribution in [0.3, 0.4) is 0 Å². The number of hydrogen-bond acceptors (Lipinski definition) is 7. The maximum Gasteiger partial charge on any atom is 0.270 e. The van der Waals surface area contributed by atoms with E-state index in [2.05, 4.69) is 31.1 Å². The van der Waals surface area contributed by atoms with Gasteiger partial charge in [0.05, 0.1) is 22.2 Å². The van der Waals surface area contributed by atoms with Crippen molar-refractivity contribution in [3.63, 3.8) is 0 Å². The monoisotopic (exact) mass is 427 g/mol. The Labute approximate surface area is 159 Å². The lowest BCUT2D eigenvalue weighted by atomic mass is 10.2. The summed E-state index contributed by atoms with van der Waals surface area (Å²) in [5.41, 5.74) is 0.529. The minimum absolute atomic E-state index is 0.00793. The first-order valence-corrected chi connectivity index (χ1v) is 8.52. The molecule has 0 saturated heterocycles. The predicted octanol–water partition coefficient (Wildman–Crippen LogP) is 3.17. The van der Waals surface area contributed by atoms with Crippen LogP contribution >= 0.6 is 15.9 Å². The lowest BCUT2D eigenvalue weighted by molar-refractivity contribution is -0.384. The molecule has 0 aliphatic carbocycles. The number of nitro groups is 1. The highest BCUT2D eigenvalue weighted by Gasteiger charge is 2.13. The molecule has 2 heterocycles. The molecule has 0 N–H and O–H groups in total. The molecule has 0 unspecified atom stereocenters. The third kappa shape index (κ3) is 3.34. The van der Waals surface area contributed by atoms with Gasteiger partial charge < -0.3 is 4.42 Å². The first kappa shape index (κ1) is 17.0. The third-order valence-electron chi connectivity index (χ3n) is 3.88. The highest BCUT2D eigenvalue weighted by Crippen LogP contribution is 2.21. The number of nitrogens with zero attached hydrogens (tertiary/aromatic N) is 5. The van der Waals surface area contributed by atoms with E-state index in [1.54, 1.807) is 0 Å². The average Bonchev–Trinajstić information content (AvgIpc) is 3.13. The molecule has 27 heavy (non-hydrogen) atoms. The van der Waals surface area contributed by atoms with Crippen molar-refractivity contribution in [2.45, 2.75) is 6.54 Å². The Hall–Kier alpha value is -3.40. The summed E-state index contributed by atoms with van der Waals surface area (Å²) in [5, 5.41) is 19.0. The highest BCUT2D eigenvalue weighted by atomic mass is 79.9. The molecule has 0 fully saturated rings. The molecule has 10 heteroatoms.